The van der Waals surface area contributed by atoms with Crippen LogP contribution in [0.4, 0.5) is 4.39 Å². The first-order valence-electron chi connectivity index (χ1n) is 7.92. The fraction of sp³-hybridized carbons (Fsp3) is 0.316. The molecule has 3 rings (SSSR count). The Kier molecular flexibility index (Phi) is 4.29. The van der Waals surface area contributed by atoms with E-state index in [0.29, 0.717) is 22.7 Å². The Bertz CT molecular complexity index is 887. The van der Waals surface area contributed by atoms with Gasteiger partial charge >= 0.3 is 0 Å². The Hall–Kier alpha value is -2.39. The molecule has 2 N–H and O–H groups in total. The number of amidine groups is 1. The number of nitriles is 1. The van der Waals surface area contributed by atoms with E-state index in [0.717, 1.165) is 11.1 Å². The molecule has 2 aromatic rings. The Morgan fingerprint density at radius 3 is 2.68 bits per heavy atom. The Balaban J connectivity index is 2.03. The van der Waals surface area contributed by atoms with Crippen molar-refractivity contribution in [2.75, 3.05) is 5.75 Å². The van der Waals surface area contributed by atoms with Crippen LogP contribution in [0.1, 0.15) is 31.9 Å². The maximum absolute atomic E-state index is 14.6. The van der Waals surface area contributed by atoms with Crippen molar-refractivity contribution in [1.82, 2.24) is 10.3 Å². The summed E-state index contributed by atoms with van der Waals surface area (Å²) < 4.78 is 14.3. The van der Waals surface area contributed by atoms with Gasteiger partial charge in [0.25, 0.3) is 0 Å². The van der Waals surface area contributed by atoms with E-state index < -0.39 is 5.54 Å². The van der Waals surface area contributed by atoms with Crippen molar-refractivity contribution in [3.05, 3.63) is 53.6 Å². The molecule has 1 aromatic carbocycles. The zero-order chi connectivity index (χ0) is 18.2. The van der Waals surface area contributed by atoms with Crippen LogP contribution in [0.3, 0.4) is 0 Å². The molecule has 0 spiro atoms. The number of rotatable bonds is 2. The third-order valence-electron chi connectivity index (χ3n) is 4.49. The molecular weight excluding hydrogens is 335 g/mol. The lowest BCUT2D eigenvalue weighted by Crippen LogP contribution is -2.56. The molecule has 1 aromatic heterocycles. The maximum atomic E-state index is 14.6. The number of hydrogen-bond acceptors (Lipinski definition) is 4. The van der Waals surface area contributed by atoms with E-state index in [1.807, 2.05) is 20.8 Å². The maximum Gasteiger partial charge on any atom is 0.128 e. The lowest BCUT2D eigenvalue weighted by atomic mass is 9.89. The topological polar surface area (TPSA) is 72.6 Å². The van der Waals surface area contributed by atoms with Gasteiger partial charge in [-0.15, -0.1) is 11.8 Å². The Labute approximate surface area is 151 Å². The van der Waals surface area contributed by atoms with E-state index in [4.69, 9.17) is 10.7 Å². The van der Waals surface area contributed by atoms with Gasteiger partial charge in [-0.2, -0.15) is 5.26 Å². The van der Waals surface area contributed by atoms with Gasteiger partial charge in [0.1, 0.15) is 17.7 Å². The van der Waals surface area contributed by atoms with E-state index in [9.17, 15) is 4.39 Å². The van der Waals surface area contributed by atoms with Gasteiger partial charge in [0.05, 0.1) is 15.8 Å². The van der Waals surface area contributed by atoms with Gasteiger partial charge in [-0.3, -0.25) is 10.4 Å². The number of pyridine rings is 1. The Morgan fingerprint density at radius 2 is 2.00 bits per heavy atom. The van der Waals surface area contributed by atoms with Crippen LogP contribution in [0.2, 0.25) is 0 Å². The molecule has 0 amide bonds. The summed E-state index contributed by atoms with van der Waals surface area (Å²) in [6.45, 7) is 5.88. The summed E-state index contributed by atoms with van der Waals surface area (Å²) in [6.07, 6.45) is 3.16. The molecular formula is C19H19FN4S. The van der Waals surface area contributed by atoms with E-state index in [-0.39, 0.29) is 10.6 Å². The molecule has 2 heterocycles. The fourth-order valence-corrected chi connectivity index (χ4v) is 3.86. The lowest BCUT2D eigenvalue weighted by Gasteiger charge is -2.43. The van der Waals surface area contributed by atoms with Crippen LogP contribution >= 0.6 is 11.8 Å². The molecule has 128 valence electrons. The van der Waals surface area contributed by atoms with Gasteiger partial charge in [0.15, 0.2) is 0 Å². The number of hydrogen-bond donors (Lipinski definition) is 2. The number of nitrogens with zero attached hydrogens (tertiary/aromatic N) is 2. The minimum absolute atomic E-state index is 0.307. The average molecular weight is 354 g/mol. The Morgan fingerprint density at radius 1 is 1.24 bits per heavy atom. The molecule has 1 fully saturated rings. The van der Waals surface area contributed by atoms with Crippen LogP contribution in [-0.2, 0) is 5.54 Å². The van der Waals surface area contributed by atoms with Crippen LogP contribution < -0.4 is 5.32 Å². The zero-order valence-electron chi connectivity index (χ0n) is 14.4. The van der Waals surface area contributed by atoms with Gasteiger partial charge in [-0.1, -0.05) is 6.07 Å². The molecule has 0 radical (unpaired) electrons. The summed E-state index contributed by atoms with van der Waals surface area (Å²) >= 11 is 1.64. The van der Waals surface area contributed by atoms with Gasteiger partial charge in [-0.05, 0) is 44.5 Å². The van der Waals surface area contributed by atoms with E-state index in [1.165, 1.54) is 12.3 Å². The normalized spacial score (nSPS) is 22.1. The van der Waals surface area contributed by atoms with Crippen LogP contribution in [0, 0.1) is 22.6 Å². The molecule has 1 saturated heterocycles. The van der Waals surface area contributed by atoms with Crippen molar-refractivity contribution < 1.29 is 4.39 Å². The van der Waals surface area contributed by atoms with E-state index in [1.54, 1.807) is 36.2 Å². The number of aromatic nitrogens is 1. The van der Waals surface area contributed by atoms with Crippen molar-refractivity contribution in [2.24, 2.45) is 0 Å². The smallest absolute Gasteiger partial charge is 0.128 e. The van der Waals surface area contributed by atoms with Crippen molar-refractivity contribution in [2.45, 2.75) is 31.1 Å². The number of nitrogens with one attached hydrogen (secondary N) is 2. The third kappa shape index (κ3) is 3.24. The predicted octanol–water partition coefficient (Wildman–Crippen LogP) is 4.07. The number of halogens is 1. The van der Waals surface area contributed by atoms with Gasteiger partial charge < -0.3 is 5.32 Å². The molecule has 25 heavy (non-hydrogen) atoms. The van der Waals surface area contributed by atoms with E-state index >= 15 is 0 Å². The first-order valence-corrected chi connectivity index (χ1v) is 8.90. The fourth-order valence-electron chi connectivity index (χ4n) is 2.79. The number of benzene rings is 1. The highest BCUT2D eigenvalue weighted by Crippen LogP contribution is 2.39. The average Bonchev–Trinajstić information content (AvgIpc) is 2.59. The first kappa shape index (κ1) is 17.4. The minimum atomic E-state index is -0.669. The summed E-state index contributed by atoms with van der Waals surface area (Å²) in [5, 5.41) is 20.5. The van der Waals surface area contributed by atoms with Crippen molar-refractivity contribution >= 4 is 17.6 Å². The first-order chi connectivity index (χ1) is 11.7. The zero-order valence-corrected chi connectivity index (χ0v) is 15.2. The van der Waals surface area contributed by atoms with Crippen LogP contribution in [0.5, 0.6) is 0 Å². The number of thioether (sulfide) groups is 1. The standard InChI is InChI=1S/C19H19FN4S/c1-18(2)17(22)24-19(3,11-25-18)15-7-13(4-5-16(15)20)14-6-12(8-21)9-23-10-14/h4-7,9-10H,11H2,1-3H3,(H2,22,24)/t19-/m0/s1. The molecule has 0 saturated carbocycles. The molecule has 1 aliphatic heterocycles. The minimum Gasteiger partial charge on any atom is -0.363 e. The quantitative estimate of drug-likeness (QED) is 0.853. The summed E-state index contributed by atoms with van der Waals surface area (Å²) in [6, 6.07) is 8.71. The van der Waals surface area contributed by atoms with E-state index in [2.05, 4.69) is 16.4 Å². The largest absolute Gasteiger partial charge is 0.363 e. The summed E-state index contributed by atoms with van der Waals surface area (Å²) in [5.41, 5.74) is 1.87. The van der Waals surface area contributed by atoms with Gasteiger partial charge in [-0.25, -0.2) is 4.39 Å². The monoisotopic (exact) mass is 354 g/mol. The third-order valence-corrected chi connectivity index (χ3v) is 6.13. The molecule has 1 aliphatic rings. The predicted molar refractivity (Wildman–Crippen MR) is 99.1 cm³/mol. The van der Waals surface area contributed by atoms with Crippen LogP contribution in [0.25, 0.3) is 11.1 Å². The summed E-state index contributed by atoms with van der Waals surface area (Å²) in [4.78, 5) is 4.07. The highest BCUT2D eigenvalue weighted by atomic mass is 32.2. The molecule has 0 unspecified atom stereocenters. The lowest BCUT2D eigenvalue weighted by molar-refractivity contribution is 0.445. The summed E-state index contributed by atoms with van der Waals surface area (Å²) in [5.74, 6) is 0.736. The second-order valence-electron chi connectivity index (χ2n) is 6.90. The highest BCUT2D eigenvalue weighted by Gasteiger charge is 2.41. The molecule has 1 atom stereocenters. The SMILES string of the molecule is CC1(C)SC[C@@](C)(c2cc(-c3cncc(C#N)c3)ccc2F)NC1=N. The van der Waals surface area contributed by atoms with Crippen molar-refractivity contribution in [3.63, 3.8) is 0 Å². The molecule has 6 heteroatoms. The van der Waals surface area contributed by atoms with Crippen molar-refractivity contribution in [1.29, 1.82) is 10.7 Å². The summed E-state index contributed by atoms with van der Waals surface area (Å²) in [7, 11) is 0. The van der Waals surface area contributed by atoms with Crippen molar-refractivity contribution in [3.8, 4) is 17.2 Å². The highest BCUT2D eigenvalue weighted by molar-refractivity contribution is 8.01. The second kappa shape index (κ2) is 6.16. The van der Waals surface area contributed by atoms with Crippen LogP contribution in [-0.4, -0.2) is 21.3 Å². The van der Waals surface area contributed by atoms with Crippen LogP contribution in [0.15, 0.2) is 36.7 Å². The molecule has 4 nitrogen and oxygen atoms in total. The van der Waals surface area contributed by atoms with Gasteiger partial charge in [0.2, 0.25) is 0 Å². The molecule has 0 bridgehead atoms. The molecule has 0 aliphatic carbocycles. The van der Waals surface area contributed by atoms with Gasteiger partial charge in [0, 0.05) is 29.3 Å². The second-order valence-corrected chi connectivity index (χ2v) is 8.50.